The molecule has 4 aromatic carbocycles. The molecule has 1 aliphatic rings. The number of amides is 4. The molecule has 0 aromatic heterocycles. The number of carbonyl (C=O) groups excluding carboxylic acids is 2. The van der Waals surface area contributed by atoms with Crippen LogP contribution < -0.4 is 9.80 Å². The number of urea groups is 2. The van der Waals surface area contributed by atoms with Gasteiger partial charge in [-0.15, -0.1) is 10.2 Å². The maximum absolute atomic E-state index is 13.8. The van der Waals surface area contributed by atoms with Gasteiger partial charge in [-0.2, -0.15) is 10.0 Å². The Kier molecular flexibility index (Phi) is 6.95. The Balaban J connectivity index is 1.63. The second kappa shape index (κ2) is 10.8. The van der Waals surface area contributed by atoms with Crippen molar-refractivity contribution in [2.24, 2.45) is 10.2 Å². The Labute approximate surface area is 221 Å². The molecule has 0 unspecified atom stereocenters. The lowest BCUT2D eigenvalue weighted by molar-refractivity contribution is 0.219. The van der Waals surface area contributed by atoms with E-state index in [0.717, 1.165) is 0 Å². The first-order valence-electron chi connectivity index (χ1n) is 12.1. The number of rotatable bonds is 4. The van der Waals surface area contributed by atoms with Crippen LogP contribution in [-0.4, -0.2) is 47.8 Å². The standard InChI is InChI=1S/C30H26N6O2/c1-33(25-19-11-5-12-20-25)29(37)35-27(23-15-7-3-8-16-23)32-36(28(31-35)24-17-9-4-10-18-24)30(38)34(2)26-21-13-6-14-22-26/h3-22H,1-2H3. The van der Waals surface area contributed by atoms with Gasteiger partial charge in [0.1, 0.15) is 0 Å². The molecular weight excluding hydrogens is 476 g/mol. The van der Waals surface area contributed by atoms with Gasteiger partial charge in [0.15, 0.2) is 11.7 Å². The van der Waals surface area contributed by atoms with Crippen LogP contribution in [0.4, 0.5) is 21.0 Å². The quantitative estimate of drug-likeness (QED) is 0.352. The third-order valence-corrected chi connectivity index (χ3v) is 6.08. The van der Waals surface area contributed by atoms with E-state index in [-0.39, 0.29) is 11.7 Å². The summed E-state index contributed by atoms with van der Waals surface area (Å²) in [5.74, 6) is 0.459. The predicted octanol–water partition coefficient (Wildman–Crippen LogP) is 5.84. The molecule has 5 rings (SSSR count). The number of nitrogens with zero attached hydrogens (tertiary/aromatic N) is 6. The summed E-state index contributed by atoms with van der Waals surface area (Å²) in [5, 5.41) is 12.0. The van der Waals surface area contributed by atoms with Gasteiger partial charge < -0.3 is 0 Å². The highest BCUT2D eigenvalue weighted by Crippen LogP contribution is 2.24. The van der Waals surface area contributed by atoms with Crippen LogP contribution in [0.5, 0.6) is 0 Å². The van der Waals surface area contributed by atoms with Crippen LogP contribution in [0.15, 0.2) is 132 Å². The summed E-state index contributed by atoms with van der Waals surface area (Å²) in [6, 6.07) is 36.2. The van der Waals surface area contributed by atoms with Crippen LogP contribution in [0.2, 0.25) is 0 Å². The average molecular weight is 503 g/mol. The first-order chi connectivity index (χ1) is 18.5. The lowest BCUT2D eigenvalue weighted by Crippen LogP contribution is -2.51. The number of hydrazone groups is 2. The Morgan fingerprint density at radius 3 is 1.11 bits per heavy atom. The van der Waals surface area contributed by atoms with E-state index in [4.69, 9.17) is 10.2 Å². The van der Waals surface area contributed by atoms with Gasteiger partial charge in [-0.25, -0.2) is 9.59 Å². The van der Waals surface area contributed by atoms with Gasteiger partial charge in [-0.3, -0.25) is 9.80 Å². The normalized spacial score (nSPS) is 12.9. The zero-order chi connectivity index (χ0) is 26.5. The topological polar surface area (TPSA) is 71.8 Å². The van der Waals surface area contributed by atoms with Gasteiger partial charge in [0, 0.05) is 36.6 Å². The van der Waals surface area contributed by atoms with Crippen LogP contribution in [-0.2, 0) is 0 Å². The van der Waals surface area contributed by atoms with E-state index in [1.807, 2.05) is 121 Å². The highest BCUT2D eigenvalue weighted by atomic mass is 16.2. The van der Waals surface area contributed by atoms with E-state index in [1.54, 1.807) is 14.1 Å². The molecule has 8 nitrogen and oxygen atoms in total. The third-order valence-electron chi connectivity index (χ3n) is 6.08. The summed E-state index contributed by atoms with van der Waals surface area (Å²) in [7, 11) is 3.36. The monoisotopic (exact) mass is 502 g/mol. The minimum Gasteiger partial charge on any atom is -0.296 e. The average Bonchev–Trinajstić information content (AvgIpc) is 3.00. The Morgan fingerprint density at radius 2 is 0.789 bits per heavy atom. The molecule has 0 aliphatic carbocycles. The first-order valence-corrected chi connectivity index (χ1v) is 12.1. The van der Waals surface area contributed by atoms with Crippen molar-refractivity contribution >= 4 is 35.1 Å². The van der Waals surface area contributed by atoms with Crippen molar-refractivity contribution in [1.29, 1.82) is 0 Å². The number of hydrogen-bond donors (Lipinski definition) is 0. The van der Waals surface area contributed by atoms with Crippen molar-refractivity contribution in [2.75, 3.05) is 23.9 Å². The van der Waals surface area contributed by atoms with Crippen molar-refractivity contribution in [3.05, 3.63) is 132 Å². The van der Waals surface area contributed by atoms with Crippen LogP contribution >= 0.6 is 0 Å². The van der Waals surface area contributed by atoms with E-state index < -0.39 is 12.1 Å². The molecule has 0 spiro atoms. The summed E-state index contributed by atoms with van der Waals surface area (Å²) in [6.45, 7) is 0. The maximum atomic E-state index is 13.8. The van der Waals surface area contributed by atoms with E-state index >= 15 is 0 Å². The fourth-order valence-corrected chi connectivity index (χ4v) is 3.98. The molecule has 1 aliphatic heterocycles. The largest absolute Gasteiger partial charge is 0.351 e. The first kappa shape index (κ1) is 24.5. The third kappa shape index (κ3) is 4.87. The number of benzene rings is 4. The van der Waals surface area contributed by atoms with Gasteiger partial charge in [-0.1, -0.05) is 97.1 Å². The van der Waals surface area contributed by atoms with Crippen LogP contribution in [0.1, 0.15) is 11.1 Å². The minimum absolute atomic E-state index is 0.230. The van der Waals surface area contributed by atoms with Crippen LogP contribution in [0.3, 0.4) is 0 Å². The number of carbonyl (C=O) groups is 2. The molecule has 0 bridgehead atoms. The van der Waals surface area contributed by atoms with E-state index in [9.17, 15) is 9.59 Å². The molecule has 0 radical (unpaired) electrons. The fraction of sp³-hybridized carbons (Fsp3) is 0.0667. The summed E-state index contributed by atoms with van der Waals surface area (Å²) >= 11 is 0. The van der Waals surface area contributed by atoms with Crippen molar-refractivity contribution in [3.8, 4) is 0 Å². The molecule has 8 heteroatoms. The smallest absolute Gasteiger partial charge is 0.296 e. The Hall–Kier alpha value is -5.24. The number of amidine groups is 2. The van der Waals surface area contributed by atoms with Gasteiger partial charge in [0.05, 0.1) is 0 Å². The zero-order valence-corrected chi connectivity index (χ0v) is 21.0. The number of hydrogen-bond acceptors (Lipinski definition) is 4. The van der Waals surface area contributed by atoms with Crippen molar-refractivity contribution < 1.29 is 9.59 Å². The maximum Gasteiger partial charge on any atom is 0.351 e. The molecule has 4 aromatic rings. The number of anilines is 2. The number of para-hydroxylation sites is 2. The molecule has 0 N–H and O–H groups in total. The predicted molar refractivity (Wildman–Crippen MR) is 150 cm³/mol. The van der Waals surface area contributed by atoms with Crippen molar-refractivity contribution in [2.45, 2.75) is 0 Å². The SMILES string of the molecule is CN(C(=O)N1N=C(c2ccccc2)N(C(=O)N(C)c2ccccc2)N=C1c1ccccc1)c1ccccc1. The summed E-state index contributed by atoms with van der Waals surface area (Å²) in [5.41, 5.74) is 2.67. The molecular formula is C30H26N6O2. The molecule has 1 heterocycles. The van der Waals surface area contributed by atoms with Crippen molar-refractivity contribution in [1.82, 2.24) is 10.0 Å². The summed E-state index contributed by atoms with van der Waals surface area (Å²) in [4.78, 5) is 30.7. The highest BCUT2D eigenvalue weighted by Gasteiger charge is 2.35. The summed E-state index contributed by atoms with van der Waals surface area (Å²) in [6.07, 6.45) is 0. The lowest BCUT2D eigenvalue weighted by Gasteiger charge is -2.33. The van der Waals surface area contributed by atoms with Gasteiger partial charge in [0.25, 0.3) is 0 Å². The Bertz CT molecular complexity index is 1360. The van der Waals surface area contributed by atoms with E-state index in [1.165, 1.54) is 19.8 Å². The van der Waals surface area contributed by atoms with Gasteiger partial charge in [-0.05, 0) is 24.3 Å². The Morgan fingerprint density at radius 1 is 0.500 bits per heavy atom. The lowest BCUT2D eigenvalue weighted by atomic mass is 10.2. The van der Waals surface area contributed by atoms with Crippen molar-refractivity contribution in [3.63, 3.8) is 0 Å². The van der Waals surface area contributed by atoms with Gasteiger partial charge in [0.2, 0.25) is 0 Å². The fourth-order valence-electron chi connectivity index (χ4n) is 3.98. The van der Waals surface area contributed by atoms with Crippen LogP contribution in [0.25, 0.3) is 0 Å². The van der Waals surface area contributed by atoms with E-state index in [0.29, 0.717) is 22.5 Å². The molecule has 0 fully saturated rings. The van der Waals surface area contributed by atoms with Gasteiger partial charge >= 0.3 is 12.1 Å². The zero-order valence-electron chi connectivity index (χ0n) is 21.0. The molecule has 0 atom stereocenters. The molecule has 188 valence electrons. The molecule has 0 saturated heterocycles. The highest BCUT2D eigenvalue weighted by molar-refractivity contribution is 6.18. The van der Waals surface area contributed by atoms with Crippen LogP contribution in [0, 0.1) is 0 Å². The molecule has 38 heavy (non-hydrogen) atoms. The molecule has 4 amide bonds. The second-order valence-corrected chi connectivity index (χ2v) is 8.56. The second-order valence-electron chi connectivity index (χ2n) is 8.56. The minimum atomic E-state index is -0.421. The molecule has 0 saturated carbocycles. The summed E-state index contributed by atoms with van der Waals surface area (Å²) < 4.78 is 0. The van der Waals surface area contributed by atoms with E-state index in [2.05, 4.69) is 0 Å².